The maximum absolute atomic E-state index is 13.2. The highest BCUT2D eigenvalue weighted by Crippen LogP contribution is 2.33. The highest BCUT2D eigenvalue weighted by molar-refractivity contribution is 6.14. The molecule has 0 aliphatic rings. The molecule has 6 nitrogen and oxygen atoms in total. The molecule has 0 fully saturated rings. The number of rotatable bonds is 5. The molecule has 0 unspecified atom stereocenters. The maximum Gasteiger partial charge on any atom is 0.260 e. The highest BCUT2D eigenvalue weighted by Gasteiger charge is 2.21. The lowest BCUT2D eigenvalue weighted by Crippen LogP contribution is -2.29. The van der Waals surface area contributed by atoms with E-state index in [9.17, 15) is 14.0 Å². The highest BCUT2D eigenvalue weighted by atomic mass is 19.1. The first-order chi connectivity index (χ1) is 13.4. The van der Waals surface area contributed by atoms with Gasteiger partial charge in [-0.3, -0.25) is 9.59 Å². The monoisotopic (exact) mass is 384 g/mol. The van der Waals surface area contributed by atoms with Crippen molar-refractivity contribution in [1.82, 2.24) is 4.57 Å². The van der Waals surface area contributed by atoms with Crippen molar-refractivity contribution in [1.29, 1.82) is 0 Å². The number of benzene rings is 2. The van der Waals surface area contributed by atoms with Gasteiger partial charge in [0.25, 0.3) is 11.5 Å². The van der Waals surface area contributed by atoms with Crippen molar-refractivity contribution in [2.24, 2.45) is 0 Å². The standard InChI is InChI=1S/C21H21FN2O4/c1-5-24-12-17(20(25)23(2)14-8-6-13(22)7-9-14)15-10-18(27-3)19(28-4)11-16(15)21(24)26/h6-12H,5H2,1-4H3. The van der Waals surface area contributed by atoms with Gasteiger partial charge in [-0.2, -0.15) is 0 Å². The van der Waals surface area contributed by atoms with Crippen LogP contribution < -0.4 is 19.9 Å². The van der Waals surface area contributed by atoms with Gasteiger partial charge in [0.05, 0.1) is 25.2 Å². The Hall–Kier alpha value is -3.35. The molecule has 0 saturated heterocycles. The molecule has 28 heavy (non-hydrogen) atoms. The predicted molar refractivity (Wildman–Crippen MR) is 106 cm³/mol. The van der Waals surface area contributed by atoms with Crippen LogP contribution in [0.15, 0.2) is 47.4 Å². The second-order valence-corrected chi connectivity index (χ2v) is 6.23. The van der Waals surface area contributed by atoms with Crippen LogP contribution in [0.25, 0.3) is 10.8 Å². The number of carbonyl (C=O) groups is 1. The lowest BCUT2D eigenvalue weighted by Gasteiger charge is -2.20. The molecule has 1 amide bonds. The molecule has 3 aromatic rings. The summed E-state index contributed by atoms with van der Waals surface area (Å²) in [6.07, 6.45) is 1.54. The van der Waals surface area contributed by atoms with Crippen molar-refractivity contribution in [3.63, 3.8) is 0 Å². The van der Waals surface area contributed by atoms with Crippen LogP contribution in [0.5, 0.6) is 11.5 Å². The van der Waals surface area contributed by atoms with Crippen molar-refractivity contribution >= 4 is 22.4 Å². The second-order valence-electron chi connectivity index (χ2n) is 6.23. The van der Waals surface area contributed by atoms with E-state index < -0.39 is 0 Å². The first-order valence-electron chi connectivity index (χ1n) is 8.74. The molecule has 1 aromatic heterocycles. The van der Waals surface area contributed by atoms with Crippen molar-refractivity contribution in [2.75, 3.05) is 26.2 Å². The fourth-order valence-corrected chi connectivity index (χ4v) is 3.09. The Morgan fingerprint density at radius 3 is 2.18 bits per heavy atom. The summed E-state index contributed by atoms with van der Waals surface area (Å²) in [6, 6.07) is 8.83. The van der Waals surface area contributed by atoms with Crippen LogP contribution in [-0.2, 0) is 6.54 Å². The average molecular weight is 384 g/mol. The van der Waals surface area contributed by atoms with Crippen molar-refractivity contribution in [3.05, 3.63) is 64.3 Å². The third-order valence-corrected chi connectivity index (χ3v) is 4.68. The van der Waals surface area contributed by atoms with E-state index in [0.29, 0.717) is 40.1 Å². The van der Waals surface area contributed by atoms with E-state index in [-0.39, 0.29) is 17.3 Å². The molecule has 0 saturated carbocycles. The number of ether oxygens (including phenoxy) is 2. The molecule has 0 bridgehead atoms. The fourth-order valence-electron chi connectivity index (χ4n) is 3.09. The number of fused-ring (bicyclic) bond motifs is 1. The number of carbonyl (C=O) groups excluding carboxylic acids is 1. The molecule has 0 spiro atoms. The van der Waals surface area contributed by atoms with Crippen LogP contribution in [0.4, 0.5) is 10.1 Å². The Balaban J connectivity index is 2.23. The number of amides is 1. The lowest BCUT2D eigenvalue weighted by molar-refractivity contribution is 0.0994. The van der Waals surface area contributed by atoms with Crippen LogP contribution >= 0.6 is 0 Å². The number of pyridine rings is 1. The van der Waals surface area contributed by atoms with Crippen LogP contribution in [0, 0.1) is 5.82 Å². The van der Waals surface area contributed by atoms with E-state index in [0.717, 1.165) is 0 Å². The minimum atomic E-state index is -0.383. The Morgan fingerprint density at radius 1 is 1.07 bits per heavy atom. The molecule has 0 atom stereocenters. The number of aryl methyl sites for hydroxylation is 1. The van der Waals surface area contributed by atoms with Gasteiger partial charge >= 0.3 is 0 Å². The molecule has 0 aliphatic heterocycles. The minimum absolute atomic E-state index is 0.223. The molecule has 0 N–H and O–H groups in total. The first kappa shape index (κ1) is 19.4. The topological polar surface area (TPSA) is 60.8 Å². The van der Waals surface area contributed by atoms with Gasteiger partial charge in [-0.05, 0) is 43.3 Å². The molecule has 1 heterocycles. The van der Waals surface area contributed by atoms with Gasteiger partial charge in [-0.1, -0.05) is 0 Å². The molecule has 7 heteroatoms. The van der Waals surface area contributed by atoms with Gasteiger partial charge < -0.3 is 18.9 Å². The molecular weight excluding hydrogens is 363 g/mol. The Bertz CT molecular complexity index is 1090. The van der Waals surface area contributed by atoms with Gasteiger partial charge in [-0.15, -0.1) is 0 Å². The molecule has 0 radical (unpaired) electrons. The zero-order valence-electron chi connectivity index (χ0n) is 16.2. The number of anilines is 1. The van der Waals surface area contributed by atoms with Crippen LogP contribution in [0.3, 0.4) is 0 Å². The number of methoxy groups -OCH3 is 2. The van der Waals surface area contributed by atoms with Gasteiger partial charge in [-0.25, -0.2) is 4.39 Å². The molecule has 2 aromatic carbocycles. The molecule has 146 valence electrons. The largest absolute Gasteiger partial charge is 0.493 e. The Labute approximate surface area is 161 Å². The summed E-state index contributed by atoms with van der Waals surface area (Å²) >= 11 is 0. The van der Waals surface area contributed by atoms with Gasteiger partial charge in [0, 0.05) is 30.9 Å². The van der Waals surface area contributed by atoms with Crippen LogP contribution in [0.2, 0.25) is 0 Å². The Morgan fingerprint density at radius 2 is 1.64 bits per heavy atom. The van der Waals surface area contributed by atoms with E-state index in [2.05, 4.69) is 0 Å². The third kappa shape index (κ3) is 3.31. The predicted octanol–water partition coefficient (Wildman–Crippen LogP) is 3.45. The summed E-state index contributed by atoms with van der Waals surface area (Å²) in [5, 5.41) is 0.823. The fraction of sp³-hybridized carbons (Fsp3) is 0.238. The molecule has 3 rings (SSSR count). The summed E-state index contributed by atoms with van der Waals surface area (Å²) in [4.78, 5) is 27.4. The second kappa shape index (κ2) is 7.72. The normalized spacial score (nSPS) is 10.8. The minimum Gasteiger partial charge on any atom is -0.493 e. The van der Waals surface area contributed by atoms with Crippen molar-refractivity contribution in [3.8, 4) is 11.5 Å². The third-order valence-electron chi connectivity index (χ3n) is 4.68. The summed E-state index contributed by atoms with van der Waals surface area (Å²) in [6.45, 7) is 2.23. The Kier molecular flexibility index (Phi) is 5.35. The van der Waals surface area contributed by atoms with E-state index in [1.54, 1.807) is 25.4 Å². The van der Waals surface area contributed by atoms with E-state index in [1.807, 2.05) is 6.92 Å². The van der Waals surface area contributed by atoms with Crippen molar-refractivity contribution < 1.29 is 18.7 Å². The number of hydrogen-bond acceptors (Lipinski definition) is 4. The zero-order valence-corrected chi connectivity index (χ0v) is 16.2. The summed E-state index contributed by atoms with van der Waals surface area (Å²) in [5.74, 6) is 0.116. The smallest absolute Gasteiger partial charge is 0.260 e. The number of halogens is 1. The summed E-state index contributed by atoms with van der Waals surface area (Å²) < 4.78 is 25.3. The zero-order chi connectivity index (χ0) is 20.4. The summed E-state index contributed by atoms with van der Waals surface area (Å²) in [7, 11) is 4.58. The van der Waals surface area contributed by atoms with Gasteiger partial charge in [0.2, 0.25) is 0 Å². The maximum atomic E-state index is 13.2. The summed E-state index contributed by atoms with van der Waals surface area (Å²) in [5.41, 5.74) is 0.651. The van der Waals surface area contributed by atoms with E-state index in [4.69, 9.17) is 9.47 Å². The number of hydrogen-bond donors (Lipinski definition) is 0. The van der Waals surface area contributed by atoms with Gasteiger partial charge in [0.15, 0.2) is 11.5 Å². The SMILES string of the molecule is CCn1cc(C(=O)N(C)c2ccc(F)cc2)c2cc(OC)c(OC)cc2c1=O. The first-order valence-corrected chi connectivity index (χ1v) is 8.74. The van der Waals surface area contributed by atoms with Crippen molar-refractivity contribution in [2.45, 2.75) is 13.5 Å². The van der Waals surface area contributed by atoms with E-state index in [1.165, 1.54) is 48.0 Å². The van der Waals surface area contributed by atoms with E-state index >= 15 is 0 Å². The lowest BCUT2D eigenvalue weighted by atomic mass is 10.0. The molecular formula is C21H21FN2O4. The average Bonchev–Trinajstić information content (AvgIpc) is 2.72. The van der Waals surface area contributed by atoms with Gasteiger partial charge in [0.1, 0.15) is 5.82 Å². The quantitative estimate of drug-likeness (QED) is 0.676. The number of nitrogens with zero attached hydrogens (tertiary/aromatic N) is 2. The molecule has 0 aliphatic carbocycles. The number of aromatic nitrogens is 1. The van der Waals surface area contributed by atoms with Crippen LogP contribution in [-0.4, -0.2) is 31.7 Å². The van der Waals surface area contributed by atoms with Crippen LogP contribution in [0.1, 0.15) is 17.3 Å².